The van der Waals surface area contributed by atoms with Crippen molar-refractivity contribution in [3.63, 3.8) is 0 Å². The van der Waals surface area contributed by atoms with E-state index in [4.69, 9.17) is 4.74 Å². The van der Waals surface area contributed by atoms with E-state index in [1.807, 2.05) is 11.8 Å². The van der Waals surface area contributed by atoms with Crippen LogP contribution in [0.15, 0.2) is 12.4 Å². The summed E-state index contributed by atoms with van der Waals surface area (Å²) in [7, 11) is 1.61. The zero-order valence-electron chi connectivity index (χ0n) is 8.77. The summed E-state index contributed by atoms with van der Waals surface area (Å²) in [6, 6.07) is 0. The largest absolute Gasteiger partial charge is 0.494 e. The van der Waals surface area contributed by atoms with Crippen LogP contribution in [-0.2, 0) is 0 Å². The van der Waals surface area contributed by atoms with Gasteiger partial charge in [-0.1, -0.05) is 0 Å². The predicted octanol–water partition coefficient (Wildman–Crippen LogP) is 1.79. The van der Waals surface area contributed by atoms with E-state index in [9.17, 15) is 0 Å². The lowest BCUT2D eigenvalue weighted by Gasteiger charge is -2.09. The van der Waals surface area contributed by atoms with E-state index in [-0.39, 0.29) is 0 Å². The molecule has 1 aliphatic heterocycles. The molecular weight excluding hydrogens is 210 g/mol. The molecule has 2 heterocycles. The zero-order chi connectivity index (χ0) is 10.5. The monoisotopic (exact) mass is 225 g/mol. The molecule has 1 aromatic heterocycles. The van der Waals surface area contributed by atoms with Crippen LogP contribution in [0.5, 0.6) is 5.75 Å². The van der Waals surface area contributed by atoms with E-state index >= 15 is 0 Å². The van der Waals surface area contributed by atoms with Gasteiger partial charge < -0.3 is 10.1 Å². The highest BCUT2D eigenvalue weighted by Crippen LogP contribution is 2.25. The van der Waals surface area contributed by atoms with E-state index < -0.39 is 0 Å². The van der Waals surface area contributed by atoms with Crippen LogP contribution in [0.1, 0.15) is 12.8 Å². The summed E-state index contributed by atoms with van der Waals surface area (Å²) in [5.74, 6) is 2.66. The van der Waals surface area contributed by atoms with Crippen LogP contribution in [0.25, 0.3) is 0 Å². The van der Waals surface area contributed by atoms with E-state index in [2.05, 4.69) is 15.3 Å². The predicted molar refractivity (Wildman–Crippen MR) is 62.6 cm³/mol. The van der Waals surface area contributed by atoms with Crippen molar-refractivity contribution in [3.05, 3.63) is 12.4 Å². The Hall–Kier alpha value is -0.970. The zero-order valence-corrected chi connectivity index (χ0v) is 9.59. The van der Waals surface area contributed by atoms with Gasteiger partial charge in [0.2, 0.25) is 5.95 Å². The fraction of sp³-hybridized carbons (Fsp3) is 0.600. The molecule has 1 unspecified atom stereocenters. The van der Waals surface area contributed by atoms with Crippen LogP contribution in [0, 0.1) is 0 Å². The highest BCUT2D eigenvalue weighted by Gasteiger charge is 2.15. The number of nitrogens with zero attached hydrogens (tertiary/aromatic N) is 2. The van der Waals surface area contributed by atoms with E-state index in [0.29, 0.717) is 11.7 Å². The van der Waals surface area contributed by atoms with Crippen molar-refractivity contribution >= 4 is 17.7 Å². The molecule has 0 saturated carbocycles. The third kappa shape index (κ3) is 2.99. The van der Waals surface area contributed by atoms with Crippen LogP contribution in [-0.4, -0.2) is 34.6 Å². The molecule has 0 aliphatic carbocycles. The smallest absolute Gasteiger partial charge is 0.222 e. The van der Waals surface area contributed by atoms with Gasteiger partial charge in [0, 0.05) is 11.8 Å². The Labute approximate surface area is 93.8 Å². The van der Waals surface area contributed by atoms with Crippen LogP contribution in [0.4, 0.5) is 5.95 Å². The number of thioether (sulfide) groups is 1. The fourth-order valence-corrected chi connectivity index (χ4v) is 2.72. The summed E-state index contributed by atoms with van der Waals surface area (Å²) in [5.41, 5.74) is 0. The van der Waals surface area contributed by atoms with Crippen LogP contribution in [0.3, 0.4) is 0 Å². The molecule has 1 saturated heterocycles. The Morgan fingerprint density at radius 2 is 2.33 bits per heavy atom. The number of anilines is 1. The number of hydrogen-bond acceptors (Lipinski definition) is 5. The number of methoxy groups -OCH3 is 1. The quantitative estimate of drug-likeness (QED) is 0.846. The van der Waals surface area contributed by atoms with E-state index in [1.165, 1.54) is 18.6 Å². The highest BCUT2D eigenvalue weighted by atomic mass is 32.2. The SMILES string of the molecule is COc1cnc(NCC2CCCS2)nc1. The highest BCUT2D eigenvalue weighted by molar-refractivity contribution is 8.00. The van der Waals surface area contributed by atoms with Crippen molar-refractivity contribution in [2.24, 2.45) is 0 Å². The summed E-state index contributed by atoms with van der Waals surface area (Å²) in [4.78, 5) is 8.31. The summed E-state index contributed by atoms with van der Waals surface area (Å²) in [6.07, 6.45) is 5.99. The maximum atomic E-state index is 4.99. The number of nitrogens with one attached hydrogen (secondary N) is 1. The van der Waals surface area contributed by atoms with Gasteiger partial charge in [-0.05, 0) is 18.6 Å². The van der Waals surface area contributed by atoms with Crippen LogP contribution >= 0.6 is 11.8 Å². The van der Waals surface area contributed by atoms with Crippen molar-refractivity contribution in [1.29, 1.82) is 0 Å². The summed E-state index contributed by atoms with van der Waals surface area (Å²) >= 11 is 2.03. The minimum Gasteiger partial charge on any atom is -0.494 e. The van der Waals surface area contributed by atoms with Gasteiger partial charge in [0.25, 0.3) is 0 Å². The third-order valence-electron chi connectivity index (χ3n) is 2.38. The first-order valence-corrected chi connectivity index (χ1v) is 6.15. The molecule has 0 amide bonds. The average molecular weight is 225 g/mol. The molecule has 1 fully saturated rings. The van der Waals surface area contributed by atoms with Gasteiger partial charge >= 0.3 is 0 Å². The minimum atomic E-state index is 0.684. The Balaban J connectivity index is 1.82. The Kier molecular flexibility index (Phi) is 3.66. The topological polar surface area (TPSA) is 47.0 Å². The Morgan fingerprint density at radius 3 is 2.93 bits per heavy atom. The van der Waals surface area contributed by atoms with Crippen molar-refractivity contribution in [2.45, 2.75) is 18.1 Å². The Morgan fingerprint density at radius 1 is 1.53 bits per heavy atom. The first kappa shape index (κ1) is 10.5. The fourth-order valence-electron chi connectivity index (χ4n) is 1.52. The van der Waals surface area contributed by atoms with Crippen molar-refractivity contribution < 1.29 is 4.74 Å². The van der Waals surface area contributed by atoms with Crippen LogP contribution in [0.2, 0.25) is 0 Å². The molecule has 1 N–H and O–H groups in total. The van der Waals surface area contributed by atoms with Crippen molar-refractivity contribution in [3.8, 4) is 5.75 Å². The van der Waals surface area contributed by atoms with Crippen LogP contribution < -0.4 is 10.1 Å². The summed E-state index contributed by atoms with van der Waals surface area (Å²) < 4.78 is 4.99. The lowest BCUT2D eigenvalue weighted by atomic mass is 10.2. The van der Waals surface area contributed by atoms with Gasteiger partial charge in [-0.25, -0.2) is 9.97 Å². The lowest BCUT2D eigenvalue weighted by Crippen LogP contribution is -2.15. The second-order valence-corrected chi connectivity index (χ2v) is 4.87. The molecule has 2 rings (SSSR count). The molecule has 4 nitrogen and oxygen atoms in total. The van der Waals surface area contributed by atoms with Gasteiger partial charge in [0.05, 0.1) is 19.5 Å². The molecule has 0 aromatic carbocycles. The van der Waals surface area contributed by atoms with E-state index in [1.54, 1.807) is 19.5 Å². The molecule has 0 radical (unpaired) electrons. The maximum Gasteiger partial charge on any atom is 0.222 e. The van der Waals surface area contributed by atoms with Gasteiger partial charge in [-0.3, -0.25) is 0 Å². The number of aromatic nitrogens is 2. The number of rotatable bonds is 4. The molecular formula is C10H15N3OS. The van der Waals surface area contributed by atoms with Gasteiger partial charge in [0.15, 0.2) is 5.75 Å². The molecule has 82 valence electrons. The first-order valence-electron chi connectivity index (χ1n) is 5.10. The second-order valence-electron chi connectivity index (χ2n) is 3.46. The lowest BCUT2D eigenvalue weighted by molar-refractivity contribution is 0.411. The summed E-state index contributed by atoms with van der Waals surface area (Å²) in [6.45, 7) is 0.955. The second kappa shape index (κ2) is 5.21. The summed E-state index contributed by atoms with van der Waals surface area (Å²) in [5, 5.41) is 3.96. The van der Waals surface area contributed by atoms with E-state index in [0.717, 1.165) is 11.8 Å². The molecule has 1 atom stereocenters. The van der Waals surface area contributed by atoms with Gasteiger partial charge in [0.1, 0.15) is 0 Å². The molecule has 5 heteroatoms. The van der Waals surface area contributed by atoms with Gasteiger partial charge in [-0.15, -0.1) is 0 Å². The molecule has 15 heavy (non-hydrogen) atoms. The number of ether oxygens (including phenoxy) is 1. The number of hydrogen-bond donors (Lipinski definition) is 1. The molecule has 0 spiro atoms. The standard InChI is InChI=1S/C10H15N3OS/c1-14-8-5-11-10(12-6-8)13-7-9-3-2-4-15-9/h5-6,9H,2-4,7H2,1H3,(H,11,12,13). The molecule has 1 aliphatic rings. The Bertz CT molecular complexity index is 298. The first-order chi connectivity index (χ1) is 7.38. The molecule has 0 bridgehead atoms. The van der Waals surface area contributed by atoms with Gasteiger partial charge in [-0.2, -0.15) is 11.8 Å². The maximum absolute atomic E-state index is 4.99. The normalized spacial score (nSPS) is 20.2. The average Bonchev–Trinajstić information content (AvgIpc) is 2.80. The molecule has 1 aromatic rings. The third-order valence-corrected chi connectivity index (χ3v) is 3.77. The van der Waals surface area contributed by atoms with Crippen molar-refractivity contribution in [1.82, 2.24) is 9.97 Å². The minimum absolute atomic E-state index is 0.684. The van der Waals surface area contributed by atoms with Crippen molar-refractivity contribution in [2.75, 3.05) is 24.7 Å².